The predicted octanol–water partition coefficient (Wildman–Crippen LogP) is 7.62. The summed E-state index contributed by atoms with van der Waals surface area (Å²) in [5, 5.41) is 0. The Bertz CT molecular complexity index is 892. The monoisotopic (exact) mass is 628 g/mol. The molecule has 43 heavy (non-hydrogen) atoms. The van der Waals surface area contributed by atoms with Crippen molar-refractivity contribution < 1.29 is 42.1 Å². The summed E-state index contributed by atoms with van der Waals surface area (Å²) in [6, 6.07) is 0. The van der Waals surface area contributed by atoms with Gasteiger partial charge in [0.2, 0.25) is 0 Å². The minimum atomic E-state index is -4.37. The number of likely N-dealkylation sites (N-methyl/N-ethyl adjacent to an activating group) is 1. The molecule has 0 bridgehead atoms. The van der Waals surface area contributed by atoms with E-state index >= 15 is 0 Å². The summed E-state index contributed by atoms with van der Waals surface area (Å²) in [4.78, 5) is 34.7. The molecule has 0 aromatic rings. The molecule has 0 fully saturated rings. The number of phosphoric acid groups is 1. The molecular weight excluding hydrogens is 569 g/mol. The first-order valence-corrected chi connectivity index (χ1v) is 17.4. The Kier molecular flexibility index (Phi) is 25.1. The molecule has 0 aliphatic rings. The highest BCUT2D eigenvalue weighted by Crippen LogP contribution is 2.43. The molecule has 0 spiro atoms. The lowest BCUT2D eigenvalue weighted by Gasteiger charge is -2.24. The van der Waals surface area contributed by atoms with E-state index in [-0.39, 0.29) is 26.1 Å². The maximum absolute atomic E-state index is 12.5. The van der Waals surface area contributed by atoms with E-state index in [9.17, 15) is 19.0 Å². The van der Waals surface area contributed by atoms with Gasteiger partial charge in [0, 0.05) is 12.8 Å². The van der Waals surface area contributed by atoms with Gasteiger partial charge in [0.1, 0.15) is 19.8 Å². The highest BCUT2D eigenvalue weighted by atomic mass is 31.2. The Morgan fingerprint density at radius 1 is 0.744 bits per heavy atom. The smallest absolute Gasteiger partial charge is 0.462 e. The Morgan fingerprint density at radius 2 is 1.33 bits per heavy atom. The quantitative estimate of drug-likeness (QED) is 0.0325. The third kappa shape index (κ3) is 29.8. The van der Waals surface area contributed by atoms with Gasteiger partial charge in [-0.2, -0.15) is 0 Å². The lowest BCUT2D eigenvalue weighted by molar-refractivity contribution is -0.870. The molecule has 9 nitrogen and oxygen atoms in total. The molecule has 0 saturated heterocycles. The van der Waals surface area contributed by atoms with Crippen LogP contribution in [0.15, 0.2) is 48.6 Å². The Morgan fingerprint density at radius 3 is 1.93 bits per heavy atom. The van der Waals surface area contributed by atoms with Crippen LogP contribution < -0.4 is 0 Å². The van der Waals surface area contributed by atoms with Gasteiger partial charge < -0.3 is 18.9 Å². The minimum absolute atomic E-state index is 0.0177. The summed E-state index contributed by atoms with van der Waals surface area (Å²) < 4.78 is 33.7. The summed E-state index contributed by atoms with van der Waals surface area (Å²) >= 11 is 0. The number of unbranched alkanes of at least 4 members (excludes halogenated alkanes) is 5. The zero-order chi connectivity index (χ0) is 32.2. The van der Waals surface area contributed by atoms with Gasteiger partial charge in [0.05, 0.1) is 27.7 Å². The van der Waals surface area contributed by atoms with Crippen molar-refractivity contribution in [3.8, 4) is 0 Å². The highest BCUT2D eigenvalue weighted by Gasteiger charge is 2.26. The van der Waals surface area contributed by atoms with Crippen molar-refractivity contribution in [2.24, 2.45) is 0 Å². The molecule has 0 amide bonds. The van der Waals surface area contributed by atoms with Crippen molar-refractivity contribution in [2.45, 2.75) is 103 Å². The SMILES string of the molecule is CC/C=C\C/C=C\C/C=C\C/C=C\CCC(=O)OC(COC(=O)CCCCCCCC)COP(=O)(O)OCC[N+](C)(C)C. The molecule has 2 unspecified atom stereocenters. The Balaban J connectivity index is 4.66. The van der Waals surface area contributed by atoms with Gasteiger partial charge in [-0.15, -0.1) is 0 Å². The van der Waals surface area contributed by atoms with Crippen molar-refractivity contribution in [1.82, 2.24) is 0 Å². The summed E-state index contributed by atoms with van der Waals surface area (Å²) in [7, 11) is 1.42. The molecule has 1 N–H and O–H groups in total. The highest BCUT2D eigenvalue weighted by molar-refractivity contribution is 7.47. The molecule has 2 atom stereocenters. The van der Waals surface area contributed by atoms with Crippen LogP contribution in [0.5, 0.6) is 0 Å². The van der Waals surface area contributed by atoms with E-state index in [0.29, 0.717) is 17.4 Å². The van der Waals surface area contributed by atoms with Crippen molar-refractivity contribution >= 4 is 19.8 Å². The topological polar surface area (TPSA) is 108 Å². The van der Waals surface area contributed by atoms with E-state index in [1.54, 1.807) is 0 Å². The third-order valence-corrected chi connectivity index (χ3v) is 7.12. The third-order valence-electron chi connectivity index (χ3n) is 6.14. The number of nitrogens with zero attached hydrogens (tertiary/aromatic N) is 1. The average molecular weight is 629 g/mol. The summed E-state index contributed by atoms with van der Waals surface area (Å²) in [6.45, 7) is 4.10. The second-order valence-electron chi connectivity index (χ2n) is 11.5. The number of allylic oxidation sites excluding steroid dienone is 8. The number of quaternary nitrogens is 1. The van der Waals surface area contributed by atoms with E-state index in [4.69, 9.17) is 18.5 Å². The number of carbonyl (C=O) groups excluding carboxylic acids is 2. The molecular formula is C33H59NO8P+. The van der Waals surface area contributed by atoms with Crippen LogP contribution >= 0.6 is 7.82 Å². The van der Waals surface area contributed by atoms with Crippen LogP contribution in [0.3, 0.4) is 0 Å². The van der Waals surface area contributed by atoms with Gasteiger partial charge in [0.25, 0.3) is 0 Å². The van der Waals surface area contributed by atoms with Crippen LogP contribution in [0.2, 0.25) is 0 Å². The van der Waals surface area contributed by atoms with Crippen molar-refractivity contribution in [1.29, 1.82) is 0 Å². The van der Waals surface area contributed by atoms with Crippen LogP contribution in [-0.2, 0) is 32.7 Å². The predicted molar refractivity (Wildman–Crippen MR) is 173 cm³/mol. The first-order chi connectivity index (χ1) is 20.5. The van der Waals surface area contributed by atoms with Gasteiger partial charge in [-0.25, -0.2) is 4.57 Å². The maximum atomic E-state index is 12.5. The number of phosphoric ester groups is 1. The molecule has 0 saturated carbocycles. The first-order valence-electron chi connectivity index (χ1n) is 15.9. The second kappa shape index (κ2) is 26.4. The molecule has 0 radical (unpaired) electrons. The average Bonchev–Trinajstić information content (AvgIpc) is 2.93. The number of rotatable bonds is 27. The standard InChI is InChI=1S/C33H58NO8P/c1-6-8-10-12-14-15-16-17-18-19-20-22-24-26-33(36)42-31(29-39-32(35)25-23-21-13-11-9-7-2)30-41-43(37,38)40-28-27-34(3,4)5/h8,10,14-15,17-18,20,22,31H,6-7,9,11-13,16,19,21,23-30H2,1-5H3/p+1/b10-8-,15-14-,18-17-,22-20-. The lowest BCUT2D eigenvalue weighted by Crippen LogP contribution is -2.37. The maximum Gasteiger partial charge on any atom is 0.472 e. The van der Waals surface area contributed by atoms with Gasteiger partial charge in [0.15, 0.2) is 6.10 Å². The van der Waals surface area contributed by atoms with Crippen LogP contribution in [0.4, 0.5) is 0 Å². The zero-order valence-electron chi connectivity index (χ0n) is 27.4. The van der Waals surface area contributed by atoms with E-state index in [1.807, 2.05) is 33.3 Å². The molecule has 10 heteroatoms. The number of hydrogen-bond donors (Lipinski definition) is 1. The fraction of sp³-hybridized carbons (Fsp3) is 0.697. The number of esters is 2. The van der Waals surface area contributed by atoms with Crippen molar-refractivity contribution in [2.75, 3.05) is 47.5 Å². The van der Waals surface area contributed by atoms with E-state index < -0.39 is 32.5 Å². The van der Waals surface area contributed by atoms with Gasteiger partial charge in [-0.05, 0) is 38.5 Å². The van der Waals surface area contributed by atoms with Crippen LogP contribution in [0.25, 0.3) is 0 Å². The van der Waals surface area contributed by atoms with Crippen LogP contribution in [-0.4, -0.2) is 74.9 Å². The largest absolute Gasteiger partial charge is 0.472 e. The molecule has 0 aliphatic carbocycles. The van der Waals surface area contributed by atoms with E-state index in [1.165, 1.54) is 6.42 Å². The molecule has 0 aromatic heterocycles. The zero-order valence-corrected chi connectivity index (χ0v) is 28.3. The Labute approximate surface area is 261 Å². The molecule has 0 rings (SSSR count). The van der Waals surface area contributed by atoms with Crippen LogP contribution in [0, 0.1) is 0 Å². The van der Waals surface area contributed by atoms with Crippen LogP contribution in [0.1, 0.15) is 97.3 Å². The molecule has 0 aromatic carbocycles. The van der Waals surface area contributed by atoms with Gasteiger partial charge in [-0.1, -0.05) is 94.6 Å². The van der Waals surface area contributed by atoms with E-state index in [0.717, 1.165) is 57.8 Å². The van der Waals surface area contributed by atoms with E-state index in [2.05, 4.69) is 50.3 Å². The fourth-order valence-corrected chi connectivity index (χ4v) is 4.35. The minimum Gasteiger partial charge on any atom is -0.462 e. The summed E-state index contributed by atoms with van der Waals surface area (Å²) in [6.07, 6.45) is 26.4. The first kappa shape index (κ1) is 41.0. The lowest BCUT2D eigenvalue weighted by atomic mass is 10.1. The Hall–Kier alpha value is -2.03. The molecule has 0 heterocycles. The summed E-state index contributed by atoms with van der Waals surface area (Å²) in [5.41, 5.74) is 0. The summed E-state index contributed by atoms with van der Waals surface area (Å²) in [5.74, 6) is -0.913. The second-order valence-corrected chi connectivity index (χ2v) is 12.9. The van der Waals surface area contributed by atoms with Crippen molar-refractivity contribution in [3.05, 3.63) is 48.6 Å². The number of hydrogen-bond acceptors (Lipinski definition) is 7. The number of ether oxygens (including phenoxy) is 2. The normalized spacial score (nSPS) is 14.7. The molecule has 0 aliphatic heterocycles. The van der Waals surface area contributed by atoms with Gasteiger partial charge in [-0.3, -0.25) is 18.6 Å². The van der Waals surface area contributed by atoms with Crippen molar-refractivity contribution in [3.63, 3.8) is 0 Å². The van der Waals surface area contributed by atoms with Gasteiger partial charge >= 0.3 is 19.8 Å². The molecule has 248 valence electrons. The fourth-order valence-electron chi connectivity index (χ4n) is 3.61. The number of carbonyl (C=O) groups is 2.